The Morgan fingerprint density at radius 2 is 1.70 bits per heavy atom. The van der Waals surface area contributed by atoms with E-state index in [-0.39, 0.29) is 0 Å². The first kappa shape index (κ1) is 15.3. The summed E-state index contributed by atoms with van der Waals surface area (Å²) >= 11 is 0. The standard InChI is InChI=1S/C17H28N2O/c1-12(2)9-16(19-7-5-18-6-8-19)15-10-13(3)17(20)14(4)11-15/h10-12,16,18,20H,5-9H2,1-4H3/t16-/m0/s1. The second-order valence-corrected chi connectivity index (χ2v) is 6.43. The van der Waals surface area contributed by atoms with Gasteiger partial charge in [-0.05, 0) is 42.9 Å². The van der Waals surface area contributed by atoms with Crippen LogP contribution in [0.25, 0.3) is 0 Å². The van der Waals surface area contributed by atoms with Gasteiger partial charge >= 0.3 is 0 Å². The van der Waals surface area contributed by atoms with Gasteiger partial charge in [-0.1, -0.05) is 26.0 Å². The van der Waals surface area contributed by atoms with Crippen molar-refractivity contribution in [2.45, 2.75) is 40.2 Å². The lowest BCUT2D eigenvalue weighted by Gasteiger charge is -2.36. The average Bonchev–Trinajstić information content (AvgIpc) is 2.42. The number of hydrogen-bond donors (Lipinski definition) is 2. The molecule has 1 aliphatic heterocycles. The summed E-state index contributed by atoms with van der Waals surface area (Å²) in [7, 11) is 0. The van der Waals surface area contributed by atoms with Crippen molar-refractivity contribution in [2.75, 3.05) is 26.2 Å². The molecule has 1 heterocycles. The predicted molar refractivity (Wildman–Crippen MR) is 84.2 cm³/mol. The van der Waals surface area contributed by atoms with E-state index < -0.39 is 0 Å². The van der Waals surface area contributed by atoms with Gasteiger partial charge in [-0.25, -0.2) is 0 Å². The Kier molecular flexibility index (Phi) is 5.06. The summed E-state index contributed by atoms with van der Waals surface area (Å²) in [5, 5.41) is 13.4. The van der Waals surface area contributed by atoms with Crippen molar-refractivity contribution in [3.63, 3.8) is 0 Å². The lowest BCUT2D eigenvalue weighted by molar-refractivity contribution is 0.154. The number of aryl methyl sites for hydroxylation is 2. The summed E-state index contributed by atoms with van der Waals surface area (Å²) in [4.78, 5) is 2.59. The molecule has 0 spiro atoms. The summed E-state index contributed by atoms with van der Waals surface area (Å²) in [5.74, 6) is 1.11. The van der Waals surface area contributed by atoms with E-state index in [1.807, 2.05) is 13.8 Å². The lowest BCUT2D eigenvalue weighted by atomic mass is 9.92. The van der Waals surface area contributed by atoms with Gasteiger partial charge in [-0.3, -0.25) is 4.90 Å². The molecule has 0 aliphatic carbocycles. The Hall–Kier alpha value is -1.06. The highest BCUT2D eigenvalue weighted by Crippen LogP contribution is 2.32. The first-order valence-electron chi connectivity index (χ1n) is 7.74. The Bertz CT molecular complexity index is 427. The van der Waals surface area contributed by atoms with Gasteiger partial charge in [0.25, 0.3) is 0 Å². The van der Waals surface area contributed by atoms with Crippen LogP contribution in [-0.2, 0) is 0 Å². The minimum atomic E-state index is 0.442. The Balaban J connectivity index is 2.30. The number of piperazine rings is 1. The third-order valence-electron chi connectivity index (χ3n) is 4.19. The summed E-state index contributed by atoms with van der Waals surface area (Å²) in [6, 6.07) is 4.80. The molecule has 20 heavy (non-hydrogen) atoms. The Morgan fingerprint density at radius 3 is 2.20 bits per heavy atom. The van der Waals surface area contributed by atoms with E-state index in [1.54, 1.807) is 0 Å². The Labute approximate surface area is 123 Å². The fourth-order valence-corrected chi connectivity index (χ4v) is 3.12. The molecule has 0 radical (unpaired) electrons. The fraction of sp³-hybridized carbons (Fsp3) is 0.647. The van der Waals surface area contributed by atoms with Crippen molar-refractivity contribution in [2.24, 2.45) is 5.92 Å². The molecule has 2 N–H and O–H groups in total. The van der Waals surface area contributed by atoms with Gasteiger partial charge in [0.15, 0.2) is 0 Å². The quantitative estimate of drug-likeness (QED) is 0.887. The second-order valence-electron chi connectivity index (χ2n) is 6.43. The average molecular weight is 276 g/mol. The van der Waals surface area contributed by atoms with E-state index in [4.69, 9.17) is 0 Å². The van der Waals surface area contributed by atoms with Crippen LogP contribution in [0.3, 0.4) is 0 Å². The van der Waals surface area contributed by atoms with Crippen LogP contribution in [0.5, 0.6) is 5.75 Å². The molecule has 0 bridgehead atoms. The van der Waals surface area contributed by atoms with Gasteiger partial charge in [0.1, 0.15) is 5.75 Å². The van der Waals surface area contributed by atoms with Crippen molar-refractivity contribution in [3.8, 4) is 5.75 Å². The van der Waals surface area contributed by atoms with Crippen LogP contribution < -0.4 is 5.32 Å². The topological polar surface area (TPSA) is 35.5 Å². The predicted octanol–water partition coefficient (Wildman–Crippen LogP) is 3.00. The first-order valence-corrected chi connectivity index (χ1v) is 7.74. The van der Waals surface area contributed by atoms with Gasteiger partial charge in [-0.2, -0.15) is 0 Å². The highest BCUT2D eigenvalue weighted by atomic mass is 16.3. The lowest BCUT2D eigenvalue weighted by Crippen LogP contribution is -2.45. The molecular weight excluding hydrogens is 248 g/mol. The van der Waals surface area contributed by atoms with Crippen molar-refractivity contribution in [3.05, 3.63) is 28.8 Å². The summed E-state index contributed by atoms with van der Waals surface area (Å²) in [5.41, 5.74) is 3.33. The second kappa shape index (κ2) is 6.59. The van der Waals surface area contributed by atoms with Gasteiger partial charge in [-0.15, -0.1) is 0 Å². The zero-order chi connectivity index (χ0) is 14.7. The highest BCUT2D eigenvalue weighted by molar-refractivity contribution is 5.43. The number of aromatic hydroxyl groups is 1. The number of rotatable bonds is 4. The molecule has 0 unspecified atom stereocenters. The molecule has 0 amide bonds. The molecule has 112 valence electrons. The third-order valence-corrected chi connectivity index (χ3v) is 4.19. The minimum Gasteiger partial charge on any atom is -0.507 e. The smallest absolute Gasteiger partial charge is 0.121 e. The first-order chi connectivity index (χ1) is 9.49. The fourth-order valence-electron chi connectivity index (χ4n) is 3.12. The maximum Gasteiger partial charge on any atom is 0.121 e. The largest absolute Gasteiger partial charge is 0.507 e. The van der Waals surface area contributed by atoms with E-state index in [9.17, 15) is 5.11 Å². The molecule has 1 aliphatic rings. The normalized spacial score (nSPS) is 18.4. The third kappa shape index (κ3) is 3.53. The highest BCUT2D eigenvalue weighted by Gasteiger charge is 2.23. The number of benzene rings is 1. The monoisotopic (exact) mass is 276 g/mol. The number of nitrogens with zero attached hydrogens (tertiary/aromatic N) is 1. The van der Waals surface area contributed by atoms with Gasteiger partial charge in [0.2, 0.25) is 0 Å². The van der Waals surface area contributed by atoms with Crippen LogP contribution in [0.1, 0.15) is 43.0 Å². The Morgan fingerprint density at radius 1 is 1.15 bits per heavy atom. The minimum absolute atomic E-state index is 0.442. The van der Waals surface area contributed by atoms with Crippen molar-refractivity contribution >= 4 is 0 Å². The number of phenols is 1. The van der Waals surface area contributed by atoms with Crippen molar-refractivity contribution < 1.29 is 5.11 Å². The molecule has 1 aromatic carbocycles. The van der Waals surface area contributed by atoms with Crippen LogP contribution in [-0.4, -0.2) is 36.2 Å². The molecule has 3 nitrogen and oxygen atoms in total. The van der Waals surface area contributed by atoms with E-state index in [0.29, 0.717) is 17.7 Å². The van der Waals surface area contributed by atoms with Gasteiger partial charge in [0.05, 0.1) is 0 Å². The zero-order valence-electron chi connectivity index (χ0n) is 13.2. The van der Waals surface area contributed by atoms with E-state index >= 15 is 0 Å². The molecule has 2 rings (SSSR count). The van der Waals surface area contributed by atoms with Crippen LogP contribution in [0.15, 0.2) is 12.1 Å². The summed E-state index contributed by atoms with van der Waals surface area (Å²) in [6.45, 7) is 12.9. The summed E-state index contributed by atoms with van der Waals surface area (Å²) in [6.07, 6.45) is 1.17. The van der Waals surface area contributed by atoms with Crippen molar-refractivity contribution in [1.29, 1.82) is 0 Å². The number of nitrogens with one attached hydrogen (secondary N) is 1. The maximum atomic E-state index is 9.98. The molecule has 1 atom stereocenters. The molecule has 0 saturated carbocycles. The summed E-state index contributed by atoms with van der Waals surface area (Å²) < 4.78 is 0. The van der Waals surface area contributed by atoms with Crippen molar-refractivity contribution in [1.82, 2.24) is 10.2 Å². The number of hydrogen-bond acceptors (Lipinski definition) is 3. The van der Waals surface area contributed by atoms with E-state index in [2.05, 4.69) is 36.2 Å². The van der Waals surface area contributed by atoms with Crippen LogP contribution >= 0.6 is 0 Å². The molecule has 1 aromatic rings. The molecule has 3 heteroatoms. The zero-order valence-corrected chi connectivity index (χ0v) is 13.2. The maximum absolute atomic E-state index is 9.98. The van der Waals surface area contributed by atoms with Gasteiger partial charge < -0.3 is 10.4 Å². The van der Waals surface area contributed by atoms with Crippen LogP contribution in [0, 0.1) is 19.8 Å². The van der Waals surface area contributed by atoms with Gasteiger partial charge in [0, 0.05) is 32.2 Å². The van der Waals surface area contributed by atoms with Crippen LogP contribution in [0.4, 0.5) is 0 Å². The SMILES string of the molecule is Cc1cc([C@H](CC(C)C)N2CCNCC2)cc(C)c1O. The van der Waals surface area contributed by atoms with E-state index in [0.717, 1.165) is 37.3 Å². The van der Waals surface area contributed by atoms with Crippen LogP contribution in [0.2, 0.25) is 0 Å². The van der Waals surface area contributed by atoms with E-state index in [1.165, 1.54) is 12.0 Å². The number of phenolic OH excluding ortho intramolecular Hbond substituents is 1. The molecule has 1 saturated heterocycles. The molecule has 1 fully saturated rings. The molecule has 0 aromatic heterocycles. The molecular formula is C17H28N2O.